The predicted octanol–water partition coefficient (Wildman–Crippen LogP) is 0.516. The smallest absolute Gasteiger partial charge is 0.246 e. The molecule has 0 fully saturated rings. The molecule has 0 saturated heterocycles. The second kappa shape index (κ2) is 9.33. The molecule has 0 aliphatic rings. The first-order valence-corrected chi connectivity index (χ1v) is 6.81. The van der Waals surface area contributed by atoms with Crippen LogP contribution < -0.4 is 11.1 Å². The number of hydrogen-bond acceptors (Lipinski definition) is 4. The van der Waals surface area contributed by atoms with E-state index in [0.717, 1.165) is 5.56 Å². The van der Waals surface area contributed by atoms with Crippen molar-refractivity contribution in [3.8, 4) is 0 Å². The Labute approximate surface area is 128 Å². The van der Waals surface area contributed by atoms with E-state index in [1.54, 1.807) is 24.3 Å². The minimum Gasteiger partial charge on any atom is -0.382 e. The van der Waals surface area contributed by atoms with Crippen molar-refractivity contribution in [2.24, 2.45) is 5.73 Å². The fourth-order valence-corrected chi connectivity index (χ4v) is 1.86. The summed E-state index contributed by atoms with van der Waals surface area (Å²) in [4.78, 5) is 23.1. The molecule has 0 radical (unpaired) electrons. The van der Waals surface area contributed by atoms with Crippen molar-refractivity contribution in [2.75, 3.05) is 26.9 Å². The van der Waals surface area contributed by atoms with Gasteiger partial charge >= 0.3 is 0 Å². The van der Waals surface area contributed by atoms with Crippen LogP contribution in [0, 0.1) is 0 Å². The van der Waals surface area contributed by atoms with Crippen molar-refractivity contribution in [1.29, 1.82) is 0 Å². The Kier molecular flexibility index (Phi) is 7.74. The minimum atomic E-state index is -0.830. The molecule has 21 heavy (non-hydrogen) atoms. The molecule has 1 aromatic rings. The summed E-state index contributed by atoms with van der Waals surface area (Å²) in [6.07, 6.45) is 0.235. The summed E-state index contributed by atoms with van der Waals surface area (Å²) in [5.74, 6) is -1.04. The SMILES string of the molecule is COCCOCC(=O)N[C@@H](Cc1ccccc1Cl)C(N)=O. The maximum atomic E-state index is 11.7. The number of carbonyl (C=O) groups excluding carboxylic acids is 2. The van der Waals surface area contributed by atoms with Gasteiger partial charge in [0.05, 0.1) is 13.2 Å². The number of nitrogens with two attached hydrogens (primary N) is 1. The van der Waals surface area contributed by atoms with Crippen LogP contribution >= 0.6 is 11.6 Å². The topological polar surface area (TPSA) is 90.7 Å². The van der Waals surface area contributed by atoms with Gasteiger partial charge in [-0.3, -0.25) is 9.59 Å². The maximum Gasteiger partial charge on any atom is 0.246 e. The van der Waals surface area contributed by atoms with Crippen LogP contribution in [0.4, 0.5) is 0 Å². The van der Waals surface area contributed by atoms with Gasteiger partial charge in [-0.1, -0.05) is 29.8 Å². The normalized spacial score (nSPS) is 11.9. The number of nitrogens with one attached hydrogen (secondary N) is 1. The summed E-state index contributed by atoms with van der Waals surface area (Å²) < 4.78 is 9.86. The summed E-state index contributed by atoms with van der Waals surface area (Å²) in [6.45, 7) is 0.539. The molecule has 0 spiro atoms. The van der Waals surface area contributed by atoms with Gasteiger partial charge in [-0.2, -0.15) is 0 Å². The molecular weight excluding hydrogens is 296 g/mol. The lowest BCUT2D eigenvalue weighted by Crippen LogP contribution is -2.47. The van der Waals surface area contributed by atoms with Crippen LogP contribution in [-0.4, -0.2) is 44.8 Å². The largest absolute Gasteiger partial charge is 0.382 e. The van der Waals surface area contributed by atoms with Gasteiger partial charge in [0.1, 0.15) is 12.6 Å². The molecule has 0 heterocycles. The van der Waals surface area contributed by atoms with E-state index in [-0.39, 0.29) is 13.0 Å². The Morgan fingerprint density at radius 1 is 1.33 bits per heavy atom. The Hall–Kier alpha value is -1.63. The highest BCUT2D eigenvalue weighted by Gasteiger charge is 2.19. The summed E-state index contributed by atoms with van der Waals surface area (Å²) >= 11 is 6.02. The zero-order valence-electron chi connectivity index (χ0n) is 11.8. The van der Waals surface area contributed by atoms with Crippen LogP contribution in [0.15, 0.2) is 24.3 Å². The number of ether oxygens (including phenoxy) is 2. The summed E-state index contributed by atoms with van der Waals surface area (Å²) in [5.41, 5.74) is 6.04. The number of rotatable bonds is 9. The Balaban J connectivity index is 2.52. The second-order valence-electron chi connectivity index (χ2n) is 4.36. The monoisotopic (exact) mass is 314 g/mol. The molecule has 0 aliphatic heterocycles. The second-order valence-corrected chi connectivity index (χ2v) is 4.77. The van der Waals surface area contributed by atoms with E-state index in [2.05, 4.69) is 5.32 Å². The average Bonchev–Trinajstić information content (AvgIpc) is 2.45. The molecule has 0 aliphatic carbocycles. The van der Waals surface area contributed by atoms with E-state index in [1.807, 2.05) is 0 Å². The number of hydrogen-bond donors (Lipinski definition) is 2. The van der Waals surface area contributed by atoms with E-state index in [4.69, 9.17) is 26.8 Å². The molecule has 1 rings (SSSR count). The fraction of sp³-hybridized carbons (Fsp3) is 0.429. The maximum absolute atomic E-state index is 11.7. The third-order valence-electron chi connectivity index (χ3n) is 2.73. The van der Waals surface area contributed by atoms with E-state index in [9.17, 15) is 9.59 Å². The highest BCUT2D eigenvalue weighted by atomic mass is 35.5. The zero-order valence-corrected chi connectivity index (χ0v) is 12.6. The van der Waals surface area contributed by atoms with E-state index in [1.165, 1.54) is 7.11 Å². The minimum absolute atomic E-state index is 0.157. The number of carbonyl (C=O) groups is 2. The van der Waals surface area contributed by atoms with E-state index >= 15 is 0 Å². The van der Waals surface area contributed by atoms with Crippen LogP contribution in [-0.2, 0) is 25.5 Å². The lowest BCUT2D eigenvalue weighted by Gasteiger charge is -2.16. The van der Waals surface area contributed by atoms with Crippen LogP contribution in [0.5, 0.6) is 0 Å². The third-order valence-corrected chi connectivity index (χ3v) is 3.09. The lowest BCUT2D eigenvalue weighted by molar-refractivity contribution is -0.130. The van der Waals surface area contributed by atoms with Gasteiger partial charge in [-0.15, -0.1) is 0 Å². The van der Waals surface area contributed by atoms with Crippen LogP contribution in [0.25, 0.3) is 0 Å². The summed E-state index contributed by atoms with van der Waals surface area (Å²) in [6, 6.07) is 6.25. The van der Waals surface area contributed by atoms with Gasteiger partial charge in [0.15, 0.2) is 0 Å². The standard InChI is InChI=1S/C14H19ClN2O4/c1-20-6-7-21-9-13(18)17-12(14(16)19)8-10-4-2-3-5-11(10)15/h2-5,12H,6-9H2,1H3,(H2,16,19)(H,17,18)/t12-/m0/s1. The first-order valence-electron chi connectivity index (χ1n) is 6.43. The fourth-order valence-electron chi connectivity index (χ4n) is 1.65. The van der Waals surface area contributed by atoms with Crippen molar-refractivity contribution in [3.05, 3.63) is 34.9 Å². The van der Waals surface area contributed by atoms with Crippen LogP contribution in [0.1, 0.15) is 5.56 Å². The number of amides is 2. The molecule has 2 amide bonds. The molecule has 1 aromatic carbocycles. The van der Waals surface area contributed by atoms with Gasteiger partial charge in [0.2, 0.25) is 11.8 Å². The molecule has 0 aromatic heterocycles. The molecule has 6 nitrogen and oxygen atoms in total. The Morgan fingerprint density at radius 3 is 2.67 bits per heavy atom. The van der Waals surface area contributed by atoms with E-state index < -0.39 is 17.9 Å². The summed E-state index contributed by atoms with van der Waals surface area (Å²) in [5, 5.41) is 3.05. The van der Waals surface area contributed by atoms with Crippen LogP contribution in [0.2, 0.25) is 5.02 Å². The van der Waals surface area contributed by atoms with Crippen molar-refractivity contribution < 1.29 is 19.1 Å². The molecule has 116 valence electrons. The van der Waals surface area contributed by atoms with Gasteiger partial charge < -0.3 is 20.5 Å². The zero-order chi connectivity index (χ0) is 15.7. The molecule has 3 N–H and O–H groups in total. The Bertz CT molecular complexity index is 482. The third kappa shape index (κ3) is 6.57. The van der Waals surface area contributed by atoms with Crippen LogP contribution in [0.3, 0.4) is 0 Å². The molecule has 0 unspecified atom stereocenters. The number of halogens is 1. The Morgan fingerprint density at radius 2 is 2.05 bits per heavy atom. The number of benzene rings is 1. The van der Waals surface area contributed by atoms with Gasteiger partial charge in [0.25, 0.3) is 0 Å². The average molecular weight is 315 g/mol. The molecule has 0 saturated carbocycles. The first kappa shape index (κ1) is 17.4. The highest BCUT2D eigenvalue weighted by Crippen LogP contribution is 2.16. The first-order chi connectivity index (χ1) is 10.0. The molecule has 7 heteroatoms. The van der Waals surface area contributed by atoms with Gasteiger partial charge in [-0.05, 0) is 11.6 Å². The van der Waals surface area contributed by atoms with Crippen molar-refractivity contribution in [1.82, 2.24) is 5.32 Å². The quantitative estimate of drug-likeness (QED) is 0.650. The van der Waals surface area contributed by atoms with Gasteiger partial charge in [-0.25, -0.2) is 0 Å². The lowest BCUT2D eigenvalue weighted by atomic mass is 10.1. The van der Waals surface area contributed by atoms with Crippen molar-refractivity contribution >= 4 is 23.4 Å². The van der Waals surface area contributed by atoms with E-state index in [0.29, 0.717) is 18.2 Å². The van der Waals surface area contributed by atoms with Crippen molar-refractivity contribution in [2.45, 2.75) is 12.5 Å². The molecule has 1 atom stereocenters. The highest BCUT2D eigenvalue weighted by molar-refractivity contribution is 6.31. The number of primary amides is 1. The molecule has 0 bridgehead atoms. The summed E-state index contributed by atoms with van der Waals surface area (Å²) in [7, 11) is 1.54. The molecular formula is C14H19ClN2O4. The van der Waals surface area contributed by atoms with Gasteiger partial charge in [0, 0.05) is 18.6 Å². The number of methoxy groups -OCH3 is 1. The predicted molar refractivity (Wildman–Crippen MR) is 79.0 cm³/mol. The van der Waals surface area contributed by atoms with Crippen molar-refractivity contribution in [3.63, 3.8) is 0 Å².